The molecule has 1 heterocycles. The van der Waals surface area contributed by atoms with E-state index in [0.717, 1.165) is 43.9 Å². The Balaban J connectivity index is 2.16. The quantitative estimate of drug-likeness (QED) is 0.867. The van der Waals surface area contributed by atoms with E-state index in [9.17, 15) is 9.90 Å². The van der Waals surface area contributed by atoms with Crippen LogP contribution in [-0.4, -0.2) is 60.7 Å². The summed E-state index contributed by atoms with van der Waals surface area (Å²) in [4.78, 5) is 16.0. The number of carboxylic acid groups (broad SMARTS) is 1. The molecule has 1 aromatic carbocycles. The molecule has 0 aliphatic carbocycles. The van der Waals surface area contributed by atoms with Gasteiger partial charge in [0.25, 0.3) is 0 Å². The predicted molar refractivity (Wildman–Crippen MR) is 81.7 cm³/mol. The Morgan fingerprint density at radius 3 is 2.67 bits per heavy atom. The van der Waals surface area contributed by atoms with Crippen molar-refractivity contribution >= 4 is 5.97 Å². The first-order valence-electron chi connectivity index (χ1n) is 7.50. The van der Waals surface area contributed by atoms with Gasteiger partial charge in [-0.2, -0.15) is 0 Å². The van der Waals surface area contributed by atoms with Crippen molar-refractivity contribution in [2.24, 2.45) is 0 Å². The van der Waals surface area contributed by atoms with Gasteiger partial charge in [0.1, 0.15) is 11.8 Å². The molecule has 1 aromatic rings. The summed E-state index contributed by atoms with van der Waals surface area (Å²) in [5, 5.41) is 9.62. The van der Waals surface area contributed by atoms with Crippen LogP contribution in [-0.2, 0) is 4.79 Å². The van der Waals surface area contributed by atoms with E-state index in [1.165, 1.54) is 0 Å². The highest BCUT2D eigenvalue weighted by atomic mass is 16.5. The van der Waals surface area contributed by atoms with E-state index < -0.39 is 12.0 Å². The average Bonchev–Trinajstić information content (AvgIpc) is 2.47. The van der Waals surface area contributed by atoms with Crippen LogP contribution in [0.15, 0.2) is 24.3 Å². The van der Waals surface area contributed by atoms with Crippen LogP contribution < -0.4 is 4.74 Å². The van der Waals surface area contributed by atoms with Crippen molar-refractivity contribution in [3.8, 4) is 5.75 Å². The molecule has 0 spiro atoms. The SMILES string of the molecule is CCCOc1cccc(C(C(=O)O)N2CCN(C)CC2)c1. The smallest absolute Gasteiger partial charge is 0.325 e. The molecule has 1 atom stereocenters. The first-order chi connectivity index (χ1) is 10.1. The summed E-state index contributed by atoms with van der Waals surface area (Å²) in [6.07, 6.45) is 0.936. The molecule has 0 aromatic heterocycles. The van der Waals surface area contributed by atoms with Crippen LogP contribution in [0.5, 0.6) is 5.75 Å². The molecule has 2 rings (SSSR count). The van der Waals surface area contributed by atoms with E-state index in [4.69, 9.17) is 4.74 Å². The number of carbonyl (C=O) groups is 1. The van der Waals surface area contributed by atoms with Gasteiger partial charge in [-0.25, -0.2) is 0 Å². The summed E-state index contributed by atoms with van der Waals surface area (Å²) in [6, 6.07) is 6.88. The van der Waals surface area contributed by atoms with E-state index in [2.05, 4.69) is 11.9 Å². The minimum atomic E-state index is -0.799. The van der Waals surface area contributed by atoms with Crippen LogP contribution in [0.2, 0.25) is 0 Å². The molecule has 1 fully saturated rings. The normalized spacial score (nSPS) is 18.4. The number of nitrogens with zero attached hydrogens (tertiary/aromatic N) is 2. The molecule has 5 heteroatoms. The van der Waals surface area contributed by atoms with Crippen molar-refractivity contribution in [1.29, 1.82) is 0 Å². The van der Waals surface area contributed by atoms with Crippen molar-refractivity contribution in [2.45, 2.75) is 19.4 Å². The summed E-state index contributed by atoms with van der Waals surface area (Å²) < 4.78 is 5.61. The van der Waals surface area contributed by atoms with Crippen LogP contribution in [0, 0.1) is 0 Å². The molecule has 1 saturated heterocycles. The van der Waals surface area contributed by atoms with E-state index >= 15 is 0 Å². The second-order valence-electron chi connectivity index (χ2n) is 5.50. The molecular weight excluding hydrogens is 268 g/mol. The molecule has 0 amide bonds. The fourth-order valence-electron chi connectivity index (χ4n) is 2.58. The van der Waals surface area contributed by atoms with E-state index in [-0.39, 0.29) is 0 Å². The second kappa shape index (κ2) is 7.43. The van der Waals surface area contributed by atoms with Crippen LogP contribution in [0.1, 0.15) is 24.9 Å². The Kier molecular flexibility index (Phi) is 5.59. The molecule has 0 saturated carbocycles. The lowest BCUT2D eigenvalue weighted by molar-refractivity contribution is -0.144. The Morgan fingerprint density at radius 1 is 1.33 bits per heavy atom. The maximum atomic E-state index is 11.7. The Hall–Kier alpha value is -1.59. The van der Waals surface area contributed by atoms with E-state index in [1.54, 1.807) is 0 Å². The molecule has 1 aliphatic heterocycles. The Bertz CT molecular complexity index is 470. The van der Waals surface area contributed by atoms with Crippen molar-refractivity contribution in [1.82, 2.24) is 9.80 Å². The molecule has 116 valence electrons. The molecule has 1 unspecified atom stereocenters. The van der Waals surface area contributed by atoms with Gasteiger partial charge >= 0.3 is 5.97 Å². The van der Waals surface area contributed by atoms with Gasteiger partial charge in [-0.1, -0.05) is 19.1 Å². The third kappa shape index (κ3) is 4.19. The molecular formula is C16H24N2O3. The number of rotatable bonds is 6. The number of piperazine rings is 1. The van der Waals surface area contributed by atoms with Crippen molar-refractivity contribution in [2.75, 3.05) is 39.8 Å². The van der Waals surface area contributed by atoms with Crippen LogP contribution >= 0.6 is 0 Å². The lowest BCUT2D eigenvalue weighted by Crippen LogP contribution is -2.47. The maximum Gasteiger partial charge on any atom is 0.325 e. The first-order valence-corrected chi connectivity index (χ1v) is 7.50. The number of ether oxygens (including phenoxy) is 1. The minimum Gasteiger partial charge on any atom is -0.494 e. The summed E-state index contributed by atoms with van der Waals surface area (Å²) in [5.74, 6) is -0.0538. The maximum absolute atomic E-state index is 11.7. The predicted octanol–water partition coefficient (Wildman–Crippen LogP) is 1.85. The standard InChI is InChI=1S/C16H24N2O3/c1-3-11-21-14-6-4-5-13(12-14)15(16(19)20)18-9-7-17(2)8-10-18/h4-6,12,15H,3,7-11H2,1-2H3,(H,19,20). The van der Waals surface area contributed by atoms with Gasteiger partial charge in [0.15, 0.2) is 0 Å². The first kappa shape index (κ1) is 15.8. The zero-order valence-electron chi connectivity index (χ0n) is 12.8. The van der Waals surface area contributed by atoms with Crippen molar-refractivity contribution in [3.05, 3.63) is 29.8 Å². The zero-order valence-corrected chi connectivity index (χ0v) is 12.8. The Labute approximate surface area is 126 Å². The van der Waals surface area contributed by atoms with Gasteiger partial charge in [-0.15, -0.1) is 0 Å². The summed E-state index contributed by atoms with van der Waals surface area (Å²) >= 11 is 0. The van der Waals surface area contributed by atoms with Gasteiger partial charge in [0, 0.05) is 26.2 Å². The second-order valence-corrected chi connectivity index (χ2v) is 5.50. The van der Waals surface area contributed by atoms with Gasteiger partial charge in [-0.3, -0.25) is 9.69 Å². The van der Waals surface area contributed by atoms with Gasteiger partial charge in [0.05, 0.1) is 6.61 Å². The number of carboxylic acids is 1. The summed E-state index contributed by atoms with van der Waals surface area (Å²) in [5.41, 5.74) is 0.792. The van der Waals surface area contributed by atoms with Crippen LogP contribution in [0.4, 0.5) is 0 Å². The van der Waals surface area contributed by atoms with E-state index in [1.807, 2.05) is 36.1 Å². The fourth-order valence-corrected chi connectivity index (χ4v) is 2.58. The van der Waals surface area contributed by atoms with Crippen molar-refractivity contribution in [3.63, 3.8) is 0 Å². The number of aliphatic carboxylic acids is 1. The monoisotopic (exact) mass is 292 g/mol. The summed E-state index contributed by atoms with van der Waals surface area (Å²) in [7, 11) is 2.06. The highest BCUT2D eigenvalue weighted by molar-refractivity contribution is 5.75. The lowest BCUT2D eigenvalue weighted by Gasteiger charge is -2.36. The van der Waals surface area contributed by atoms with Crippen molar-refractivity contribution < 1.29 is 14.6 Å². The summed E-state index contributed by atoms with van der Waals surface area (Å²) in [6.45, 7) is 6.04. The number of likely N-dealkylation sites (N-methyl/N-ethyl adjacent to an activating group) is 1. The average molecular weight is 292 g/mol. The third-order valence-electron chi connectivity index (χ3n) is 3.78. The van der Waals surface area contributed by atoms with Crippen LogP contribution in [0.25, 0.3) is 0 Å². The van der Waals surface area contributed by atoms with E-state index in [0.29, 0.717) is 6.61 Å². The van der Waals surface area contributed by atoms with Gasteiger partial charge < -0.3 is 14.7 Å². The molecule has 1 aliphatic rings. The van der Waals surface area contributed by atoms with Gasteiger partial charge in [0.2, 0.25) is 0 Å². The topological polar surface area (TPSA) is 53.0 Å². The fraction of sp³-hybridized carbons (Fsp3) is 0.562. The molecule has 5 nitrogen and oxygen atoms in total. The number of hydrogen-bond acceptors (Lipinski definition) is 4. The van der Waals surface area contributed by atoms with Gasteiger partial charge in [-0.05, 0) is 31.2 Å². The third-order valence-corrected chi connectivity index (χ3v) is 3.78. The lowest BCUT2D eigenvalue weighted by atomic mass is 10.0. The molecule has 1 N–H and O–H groups in total. The number of benzene rings is 1. The molecule has 21 heavy (non-hydrogen) atoms. The molecule has 0 radical (unpaired) electrons. The highest BCUT2D eigenvalue weighted by Gasteiger charge is 2.29. The number of hydrogen-bond donors (Lipinski definition) is 1. The van der Waals surface area contributed by atoms with Crippen LogP contribution in [0.3, 0.4) is 0 Å². The highest BCUT2D eigenvalue weighted by Crippen LogP contribution is 2.25. The zero-order chi connectivity index (χ0) is 15.2. The Morgan fingerprint density at radius 2 is 2.05 bits per heavy atom. The minimum absolute atomic E-state index is 0.594. The molecule has 0 bridgehead atoms. The largest absolute Gasteiger partial charge is 0.494 e.